The Hall–Kier alpha value is -3.05. The normalized spacial score (nSPS) is 10.8. The summed E-state index contributed by atoms with van der Waals surface area (Å²) in [6.45, 7) is 0. The lowest BCUT2D eigenvalue weighted by molar-refractivity contribution is 0.0993. The van der Waals surface area contributed by atoms with Gasteiger partial charge in [-0.3, -0.25) is 4.79 Å². The topological polar surface area (TPSA) is 52.1 Å². The van der Waals surface area contributed by atoms with E-state index in [0.29, 0.717) is 12.0 Å². The van der Waals surface area contributed by atoms with Crippen molar-refractivity contribution >= 4 is 27.5 Å². The molecule has 0 aliphatic heterocycles. The van der Waals surface area contributed by atoms with Crippen LogP contribution in [-0.2, 0) is 6.42 Å². The summed E-state index contributed by atoms with van der Waals surface area (Å²) in [5.74, 6) is 0.823. The number of Topliss-reactive ketones (excluding diaryl/α,β-unsaturated/α-hetero) is 1. The fraction of sp³-hybridized carbons (Fsp3) is 0.0952. The van der Waals surface area contributed by atoms with Gasteiger partial charge in [-0.2, -0.15) is 0 Å². The van der Waals surface area contributed by atoms with E-state index in [1.54, 1.807) is 48.9 Å². The van der Waals surface area contributed by atoms with E-state index in [-0.39, 0.29) is 5.78 Å². The van der Waals surface area contributed by atoms with E-state index in [4.69, 9.17) is 4.74 Å². The van der Waals surface area contributed by atoms with Crippen LogP contribution in [0.25, 0.3) is 20.9 Å². The molecule has 0 aliphatic carbocycles. The molecule has 0 fully saturated rings. The number of carbonyl (C=O) groups excluding carboxylic acids is 1. The Morgan fingerprint density at radius 2 is 1.92 bits per heavy atom. The lowest BCUT2D eigenvalue weighted by Crippen LogP contribution is -2.03. The molecule has 0 saturated heterocycles. The molecular weight excluding hydrogens is 344 g/mol. The number of aromatic nitrogens is 2. The van der Waals surface area contributed by atoms with Crippen molar-refractivity contribution in [1.29, 1.82) is 0 Å². The summed E-state index contributed by atoms with van der Waals surface area (Å²) in [5.41, 5.74) is 3.55. The number of hydrogen-bond acceptors (Lipinski definition) is 5. The van der Waals surface area contributed by atoms with Crippen LogP contribution in [0.15, 0.2) is 66.9 Å². The van der Waals surface area contributed by atoms with Crippen LogP contribution in [0.4, 0.5) is 0 Å². The Bertz CT molecular complexity index is 1040. The number of hydrogen-bond donors (Lipinski definition) is 0. The van der Waals surface area contributed by atoms with Gasteiger partial charge in [0.1, 0.15) is 21.1 Å². The highest BCUT2D eigenvalue weighted by Gasteiger charge is 2.10. The fourth-order valence-corrected chi connectivity index (χ4v) is 3.68. The molecule has 0 aliphatic rings. The molecular formula is C21H16N2O2S. The van der Waals surface area contributed by atoms with Gasteiger partial charge in [0.15, 0.2) is 5.78 Å². The van der Waals surface area contributed by atoms with Gasteiger partial charge in [-0.05, 0) is 48.0 Å². The van der Waals surface area contributed by atoms with Gasteiger partial charge in [0.25, 0.3) is 0 Å². The Morgan fingerprint density at radius 3 is 2.69 bits per heavy atom. The van der Waals surface area contributed by atoms with E-state index >= 15 is 0 Å². The van der Waals surface area contributed by atoms with Crippen LogP contribution in [-0.4, -0.2) is 22.9 Å². The third kappa shape index (κ3) is 3.34. The van der Waals surface area contributed by atoms with Gasteiger partial charge in [-0.25, -0.2) is 9.97 Å². The van der Waals surface area contributed by atoms with E-state index in [0.717, 1.165) is 32.2 Å². The van der Waals surface area contributed by atoms with Crippen LogP contribution in [0.3, 0.4) is 0 Å². The molecule has 4 aromatic rings. The molecule has 0 saturated carbocycles. The van der Waals surface area contributed by atoms with Crippen molar-refractivity contribution in [3.63, 3.8) is 0 Å². The summed E-state index contributed by atoms with van der Waals surface area (Å²) in [7, 11) is 1.61. The summed E-state index contributed by atoms with van der Waals surface area (Å²) < 4.78 is 5.13. The number of ketones is 1. The molecule has 0 N–H and O–H groups in total. The summed E-state index contributed by atoms with van der Waals surface area (Å²) in [6, 6.07) is 19.0. The number of rotatable bonds is 5. The van der Waals surface area contributed by atoms with Crippen molar-refractivity contribution in [2.24, 2.45) is 0 Å². The average Bonchev–Trinajstić information content (AvgIpc) is 3.12. The number of nitrogens with zero attached hydrogens (tertiary/aromatic N) is 2. The van der Waals surface area contributed by atoms with E-state index in [9.17, 15) is 4.79 Å². The second-order valence-corrected chi connectivity index (χ2v) is 6.85. The fourth-order valence-electron chi connectivity index (χ4n) is 2.77. The first kappa shape index (κ1) is 16.4. The van der Waals surface area contributed by atoms with Crippen LogP contribution >= 0.6 is 11.3 Å². The van der Waals surface area contributed by atoms with Crippen LogP contribution in [0.2, 0.25) is 0 Å². The van der Waals surface area contributed by atoms with E-state index in [1.165, 1.54) is 0 Å². The maximum Gasteiger partial charge on any atom is 0.167 e. The molecule has 4 nitrogen and oxygen atoms in total. The van der Waals surface area contributed by atoms with Gasteiger partial charge in [-0.15, -0.1) is 0 Å². The zero-order valence-electron chi connectivity index (χ0n) is 14.2. The van der Waals surface area contributed by atoms with Crippen molar-refractivity contribution in [2.75, 3.05) is 7.11 Å². The minimum Gasteiger partial charge on any atom is -0.497 e. The summed E-state index contributed by atoms with van der Waals surface area (Å²) in [4.78, 5) is 22.4. The second-order valence-electron chi connectivity index (χ2n) is 5.88. The van der Waals surface area contributed by atoms with Gasteiger partial charge < -0.3 is 4.74 Å². The molecule has 128 valence electrons. The molecule has 0 amide bonds. The number of ether oxygens (including phenoxy) is 1. The zero-order chi connectivity index (χ0) is 17.9. The molecule has 4 rings (SSSR count). The van der Waals surface area contributed by atoms with Gasteiger partial charge in [0, 0.05) is 23.7 Å². The van der Waals surface area contributed by atoms with Gasteiger partial charge in [-0.1, -0.05) is 29.5 Å². The van der Waals surface area contributed by atoms with Gasteiger partial charge in [0.2, 0.25) is 0 Å². The highest BCUT2D eigenvalue weighted by atomic mass is 32.1. The van der Waals surface area contributed by atoms with Crippen LogP contribution in [0, 0.1) is 0 Å². The van der Waals surface area contributed by atoms with Gasteiger partial charge in [0.05, 0.1) is 7.11 Å². The lowest BCUT2D eigenvalue weighted by atomic mass is 10.0. The van der Waals surface area contributed by atoms with Crippen molar-refractivity contribution in [2.45, 2.75) is 6.42 Å². The maximum atomic E-state index is 12.5. The Labute approximate surface area is 155 Å². The van der Waals surface area contributed by atoms with Gasteiger partial charge >= 0.3 is 0 Å². The van der Waals surface area contributed by atoms with Crippen molar-refractivity contribution in [1.82, 2.24) is 9.97 Å². The number of thiazole rings is 1. The van der Waals surface area contributed by atoms with Crippen molar-refractivity contribution in [3.05, 3.63) is 78.0 Å². The quantitative estimate of drug-likeness (QED) is 0.480. The predicted octanol–water partition coefficient (Wildman–Crippen LogP) is 4.79. The summed E-state index contributed by atoms with van der Waals surface area (Å²) >= 11 is 1.56. The Morgan fingerprint density at radius 1 is 1.08 bits per heavy atom. The molecule has 0 atom stereocenters. The van der Waals surface area contributed by atoms with Crippen LogP contribution < -0.4 is 4.74 Å². The number of fused-ring (bicyclic) bond motifs is 1. The number of carbonyl (C=O) groups is 1. The average molecular weight is 360 g/mol. The molecule has 2 heterocycles. The Balaban J connectivity index is 1.57. The van der Waals surface area contributed by atoms with E-state index in [2.05, 4.69) is 9.97 Å². The monoisotopic (exact) mass is 360 g/mol. The molecule has 0 unspecified atom stereocenters. The minimum absolute atomic E-state index is 0.0794. The Kier molecular flexibility index (Phi) is 4.46. The smallest absolute Gasteiger partial charge is 0.167 e. The van der Waals surface area contributed by atoms with Crippen LogP contribution in [0.1, 0.15) is 15.9 Å². The number of pyridine rings is 1. The van der Waals surface area contributed by atoms with E-state index < -0.39 is 0 Å². The molecule has 0 spiro atoms. The highest BCUT2D eigenvalue weighted by molar-refractivity contribution is 7.21. The highest BCUT2D eigenvalue weighted by Crippen LogP contribution is 2.29. The standard InChI is InChI=1S/C21H16N2O2S/c1-25-17-9-7-15(8-10-17)19(24)13-14-4-2-5-16(12-14)20-23-18-6-3-11-22-21(18)26-20/h2-12H,13H2,1H3. The van der Waals surface area contributed by atoms with Crippen LogP contribution in [0.5, 0.6) is 5.75 Å². The molecule has 2 aromatic carbocycles. The minimum atomic E-state index is 0.0794. The number of methoxy groups -OCH3 is 1. The number of benzene rings is 2. The SMILES string of the molecule is COc1ccc(C(=O)Cc2cccc(-c3nc4cccnc4s3)c2)cc1. The lowest BCUT2D eigenvalue weighted by Gasteiger charge is -2.05. The van der Waals surface area contributed by atoms with E-state index in [1.807, 2.05) is 36.4 Å². The zero-order valence-corrected chi connectivity index (χ0v) is 15.0. The second kappa shape index (κ2) is 7.06. The first-order valence-electron chi connectivity index (χ1n) is 8.21. The molecule has 5 heteroatoms. The first-order valence-corrected chi connectivity index (χ1v) is 9.03. The maximum absolute atomic E-state index is 12.5. The molecule has 2 aromatic heterocycles. The predicted molar refractivity (Wildman–Crippen MR) is 104 cm³/mol. The summed E-state index contributed by atoms with van der Waals surface area (Å²) in [6.07, 6.45) is 2.12. The molecule has 0 radical (unpaired) electrons. The van der Waals surface area contributed by atoms with Crippen molar-refractivity contribution in [3.8, 4) is 16.3 Å². The van der Waals surface area contributed by atoms with Crippen molar-refractivity contribution < 1.29 is 9.53 Å². The molecule has 0 bridgehead atoms. The molecule has 26 heavy (non-hydrogen) atoms. The third-order valence-electron chi connectivity index (χ3n) is 4.12. The third-order valence-corrected chi connectivity index (χ3v) is 5.15. The first-order chi connectivity index (χ1) is 12.7. The summed E-state index contributed by atoms with van der Waals surface area (Å²) in [5, 5.41) is 0.914. The largest absolute Gasteiger partial charge is 0.497 e.